The molecule has 2 saturated heterocycles. The van der Waals surface area contributed by atoms with Crippen LogP contribution in [0, 0.1) is 0 Å². The predicted octanol–water partition coefficient (Wildman–Crippen LogP) is 1.44. The monoisotopic (exact) mass is 327 g/mol. The summed E-state index contributed by atoms with van der Waals surface area (Å²) in [5.74, 6) is -0.721. The molecular weight excluding hydrogens is 306 g/mol. The summed E-state index contributed by atoms with van der Waals surface area (Å²) in [6.45, 7) is 2.56. The molecule has 24 heavy (non-hydrogen) atoms. The van der Waals surface area contributed by atoms with E-state index in [9.17, 15) is 14.4 Å². The highest BCUT2D eigenvalue weighted by atomic mass is 16.2. The van der Waals surface area contributed by atoms with Crippen molar-refractivity contribution in [3.05, 3.63) is 29.3 Å². The molecular formula is C18H21N3O3. The van der Waals surface area contributed by atoms with Gasteiger partial charge in [-0.05, 0) is 49.4 Å². The summed E-state index contributed by atoms with van der Waals surface area (Å²) in [5.41, 5.74) is 2.82. The highest BCUT2D eigenvalue weighted by molar-refractivity contribution is 6.05. The van der Waals surface area contributed by atoms with Crippen molar-refractivity contribution in [2.45, 2.75) is 44.7 Å². The van der Waals surface area contributed by atoms with Gasteiger partial charge in [-0.15, -0.1) is 0 Å². The Morgan fingerprint density at radius 1 is 1.04 bits per heavy atom. The minimum absolute atomic E-state index is 0.107. The summed E-state index contributed by atoms with van der Waals surface area (Å²) in [5, 5.41) is 2.34. The van der Waals surface area contributed by atoms with E-state index in [0.29, 0.717) is 18.5 Å². The summed E-state index contributed by atoms with van der Waals surface area (Å²) in [6, 6.07) is 5.44. The zero-order chi connectivity index (χ0) is 16.7. The Kier molecular flexibility index (Phi) is 3.75. The van der Waals surface area contributed by atoms with Crippen molar-refractivity contribution in [3.8, 4) is 0 Å². The Bertz CT molecular complexity index is 709. The normalized spacial score (nSPS) is 24.2. The lowest BCUT2D eigenvalue weighted by Gasteiger charge is -2.29. The first-order valence-electron chi connectivity index (χ1n) is 8.66. The van der Waals surface area contributed by atoms with E-state index >= 15 is 0 Å². The van der Waals surface area contributed by atoms with Crippen molar-refractivity contribution < 1.29 is 14.4 Å². The summed E-state index contributed by atoms with van der Waals surface area (Å²) in [6.07, 6.45) is 4.39. The van der Waals surface area contributed by atoms with Gasteiger partial charge in [0.05, 0.1) is 0 Å². The summed E-state index contributed by atoms with van der Waals surface area (Å²) in [7, 11) is 0. The second-order valence-electron chi connectivity index (χ2n) is 6.79. The van der Waals surface area contributed by atoms with E-state index < -0.39 is 6.04 Å². The first kappa shape index (κ1) is 15.2. The Morgan fingerprint density at radius 2 is 1.83 bits per heavy atom. The number of anilines is 1. The van der Waals surface area contributed by atoms with Crippen molar-refractivity contribution >= 4 is 23.4 Å². The van der Waals surface area contributed by atoms with Gasteiger partial charge in [-0.2, -0.15) is 0 Å². The third-order valence-electron chi connectivity index (χ3n) is 5.23. The Labute approximate surface area is 140 Å². The van der Waals surface area contributed by atoms with Crippen molar-refractivity contribution in [2.75, 3.05) is 18.0 Å². The molecule has 0 unspecified atom stereocenters. The highest BCUT2D eigenvalue weighted by Crippen LogP contribution is 2.31. The maximum Gasteiger partial charge on any atom is 0.255 e. The molecule has 2 fully saturated rings. The molecule has 0 aliphatic carbocycles. The van der Waals surface area contributed by atoms with Crippen LogP contribution < -0.4 is 10.2 Å². The number of hydrogen-bond donors (Lipinski definition) is 1. The number of amides is 3. The number of hydrogen-bond acceptors (Lipinski definition) is 4. The molecule has 0 radical (unpaired) electrons. The molecule has 6 nitrogen and oxygen atoms in total. The molecule has 1 aromatic carbocycles. The number of nitrogens with one attached hydrogen (secondary N) is 1. The lowest BCUT2D eigenvalue weighted by molar-refractivity contribution is -0.136. The number of imide groups is 1. The van der Waals surface area contributed by atoms with E-state index in [0.717, 1.165) is 24.3 Å². The molecule has 0 aromatic heterocycles. The number of piperidine rings is 2. The van der Waals surface area contributed by atoms with Gasteiger partial charge in [-0.25, -0.2) is 0 Å². The number of carbonyl (C=O) groups excluding carboxylic acids is 3. The van der Waals surface area contributed by atoms with Crippen molar-refractivity contribution in [2.24, 2.45) is 0 Å². The van der Waals surface area contributed by atoms with Crippen LogP contribution in [0.25, 0.3) is 0 Å². The van der Waals surface area contributed by atoms with Crippen LogP contribution in [0.5, 0.6) is 0 Å². The molecule has 4 rings (SSSR count). The lowest BCUT2D eigenvalue weighted by atomic mass is 10.0. The summed E-state index contributed by atoms with van der Waals surface area (Å²) >= 11 is 0. The zero-order valence-corrected chi connectivity index (χ0v) is 13.6. The van der Waals surface area contributed by atoms with Crippen LogP contribution in [0.1, 0.15) is 48.0 Å². The van der Waals surface area contributed by atoms with Crippen LogP contribution in [0.2, 0.25) is 0 Å². The smallest absolute Gasteiger partial charge is 0.255 e. The molecule has 3 aliphatic rings. The maximum atomic E-state index is 12.7. The van der Waals surface area contributed by atoms with E-state index in [2.05, 4.69) is 16.3 Å². The minimum Gasteiger partial charge on any atom is -0.372 e. The van der Waals surface area contributed by atoms with Crippen molar-refractivity contribution in [1.29, 1.82) is 0 Å². The van der Waals surface area contributed by atoms with Gasteiger partial charge >= 0.3 is 0 Å². The van der Waals surface area contributed by atoms with Gasteiger partial charge in [0.2, 0.25) is 11.8 Å². The van der Waals surface area contributed by atoms with Crippen LogP contribution >= 0.6 is 0 Å². The largest absolute Gasteiger partial charge is 0.372 e. The zero-order valence-electron chi connectivity index (χ0n) is 13.6. The number of nitrogens with zero attached hydrogens (tertiary/aromatic N) is 2. The van der Waals surface area contributed by atoms with Gasteiger partial charge in [0.25, 0.3) is 5.91 Å². The molecule has 1 aromatic rings. The molecule has 1 N–H and O–H groups in total. The van der Waals surface area contributed by atoms with Crippen LogP contribution in [-0.4, -0.2) is 41.8 Å². The molecule has 3 heterocycles. The van der Waals surface area contributed by atoms with E-state index in [1.54, 1.807) is 4.90 Å². The molecule has 6 heteroatoms. The van der Waals surface area contributed by atoms with Crippen LogP contribution in [-0.2, 0) is 16.1 Å². The van der Waals surface area contributed by atoms with Crippen LogP contribution in [0.15, 0.2) is 18.2 Å². The highest BCUT2D eigenvalue weighted by Gasteiger charge is 2.39. The molecule has 126 valence electrons. The molecule has 0 saturated carbocycles. The van der Waals surface area contributed by atoms with Gasteiger partial charge in [0.15, 0.2) is 0 Å². The molecule has 0 spiro atoms. The third kappa shape index (κ3) is 2.56. The van der Waals surface area contributed by atoms with Gasteiger partial charge in [-0.3, -0.25) is 19.7 Å². The second-order valence-corrected chi connectivity index (χ2v) is 6.79. The average Bonchev–Trinajstić information content (AvgIpc) is 2.92. The fourth-order valence-electron chi connectivity index (χ4n) is 3.91. The molecule has 1 atom stereocenters. The number of fused-ring (bicyclic) bond motifs is 1. The Morgan fingerprint density at radius 3 is 2.58 bits per heavy atom. The van der Waals surface area contributed by atoms with E-state index in [4.69, 9.17) is 0 Å². The number of benzene rings is 1. The molecule has 3 amide bonds. The average molecular weight is 327 g/mol. The first-order valence-corrected chi connectivity index (χ1v) is 8.66. The van der Waals surface area contributed by atoms with E-state index in [1.165, 1.54) is 19.3 Å². The van der Waals surface area contributed by atoms with Crippen LogP contribution in [0.3, 0.4) is 0 Å². The maximum absolute atomic E-state index is 12.7. The first-order chi connectivity index (χ1) is 11.6. The van der Waals surface area contributed by atoms with Gasteiger partial charge < -0.3 is 9.80 Å². The lowest BCUT2D eigenvalue weighted by Crippen LogP contribution is -2.52. The van der Waals surface area contributed by atoms with Crippen molar-refractivity contribution in [1.82, 2.24) is 10.2 Å². The van der Waals surface area contributed by atoms with E-state index in [-0.39, 0.29) is 24.1 Å². The number of rotatable bonds is 2. The van der Waals surface area contributed by atoms with Gasteiger partial charge in [0.1, 0.15) is 6.04 Å². The fraction of sp³-hybridized carbons (Fsp3) is 0.500. The summed E-state index contributed by atoms with van der Waals surface area (Å²) in [4.78, 5) is 40.0. The topological polar surface area (TPSA) is 69.7 Å². The Balaban J connectivity index is 1.55. The predicted molar refractivity (Wildman–Crippen MR) is 88.6 cm³/mol. The SMILES string of the molecule is O=C1CC[C@H](N2Cc3cc(N4CCCCC4)ccc3C2=O)C(=O)N1. The summed E-state index contributed by atoms with van der Waals surface area (Å²) < 4.78 is 0. The van der Waals surface area contributed by atoms with Gasteiger partial charge in [-0.1, -0.05) is 0 Å². The molecule has 0 bridgehead atoms. The van der Waals surface area contributed by atoms with E-state index in [1.807, 2.05) is 12.1 Å². The third-order valence-corrected chi connectivity index (χ3v) is 5.23. The standard InChI is InChI=1S/C18H21N3O3/c22-16-7-6-15(17(23)19-16)21-11-12-10-13(4-5-14(12)18(21)24)20-8-2-1-3-9-20/h4-5,10,15H,1-3,6-9,11H2,(H,19,22,23)/t15-/m0/s1. The minimum atomic E-state index is -0.541. The number of carbonyl (C=O) groups is 3. The molecule has 3 aliphatic heterocycles. The van der Waals surface area contributed by atoms with Gasteiger partial charge in [0, 0.05) is 37.3 Å². The van der Waals surface area contributed by atoms with Crippen LogP contribution in [0.4, 0.5) is 5.69 Å². The Hall–Kier alpha value is -2.37. The quantitative estimate of drug-likeness (QED) is 0.835. The second kappa shape index (κ2) is 5.92. The van der Waals surface area contributed by atoms with Crippen molar-refractivity contribution in [3.63, 3.8) is 0 Å². The fourth-order valence-corrected chi connectivity index (χ4v) is 3.91.